The predicted molar refractivity (Wildman–Crippen MR) is 113 cm³/mol. The fourth-order valence-corrected chi connectivity index (χ4v) is 5.18. The first kappa shape index (κ1) is 18.6. The number of sulfonamides is 1. The van der Waals surface area contributed by atoms with Gasteiger partial charge in [0.25, 0.3) is 10.0 Å². The molecule has 1 N–H and O–H groups in total. The van der Waals surface area contributed by atoms with Crippen molar-refractivity contribution >= 4 is 37.3 Å². The molecule has 0 saturated heterocycles. The minimum absolute atomic E-state index is 0.238. The van der Waals surface area contributed by atoms with Gasteiger partial charge in [0.2, 0.25) is 0 Å². The van der Waals surface area contributed by atoms with E-state index in [1.165, 1.54) is 16.0 Å². The third kappa shape index (κ3) is 3.53. The lowest BCUT2D eigenvalue weighted by Gasteiger charge is -2.13. The quantitative estimate of drug-likeness (QED) is 0.532. The van der Waals surface area contributed by atoms with Gasteiger partial charge in [0, 0.05) is 22.4 Å². The molecule has 0 atom stereocenters. The van der Waals surface area contributed by atoms with E-state index in [9.17, 15) is 8.42 Å². The highest BCUT2D eigenvalue weighted by Gasteiger charge is 2.25. The standard InChI is InChI=1S/C20H20N4O2S2/c1-20(2,3)16-13-18(24(22-16)17-10-6-7-11-21-17)23-28(25,26)19-12-14-8-4-5-9-15(14)27-19/h4-13,23H,1-3H3. The number of nitrogens with one attached hydrogen (secondary N) is 1. The summed E-state index contributed by atoms with van der Waals surface area (Å²) in [4.78, 5) is 4.31. The lowest BCUT2D eigenvalue weighted by atomic mass is 9.92. The Balaban J connectivity index is 1.79. The van der Waals surface area contributed by atoms with Gasteiger partial charge in [-0.2, -0.15) is 9.78 Å². The van der Waals surface area contributed by atoms with Crippen LogP contribution in [0.15, 0.2) is 65.0 Å². The van der Waals surface area contributed by atoms with Crippen molar-refractivity contribution in [2.45, 2.75) is 30.4 Å². The van der Waals surface area contributed by atoms with Gasteiger partial charge >= 0.3 is 0 Å². The minimum Gasteiger partial charge on any atom is -0.263 e. The van der Waals surface area contributed by atoms with Gasteiger partial charge < -0.3 is 0 Å². The molecule has 4 rings (SSSR count). The van der Waals surface area contributed by atoms with Crippen LogP contribution in [-0.2, 0) is 15.4 Å². The number of thiophene rings is 1. The highest BCUT2D eigenvalue weighted by Crippen LogP contribution is 2.31. The fourth-order valence-electron chi connectivity index (χ4n) is 2.75. The van der Waals surface area contributed by atoms with E-state index in [1.807, 2.05) is 51.1 Å². The maximum Gasteiger partial charge on any atom is 0.272 e. The number of nitrogens with zero attached hydrogens (tertiary/aromatic N) is 3. The van der Waals surface area contributed by atoms with E-state index in [-0.39, 0.29) is 9.62 Å². The van der Waals surface area contributed by atoms with Crippen molar-refractivity contribution in [3.8, 4) is 5.82 Å². The number of rotatable bonds is 4. The van der Waals surface area contributed by atoms with Crippen LogP contribution in [0, 0.1) is 0 Å². The number of fused-ring (bicyclic) bond motifs is 1. The van der Waals surface area contributed by atoms with Crippen molar-refractivity contribution < 1.29 is 8.42 Å². The van der Waals surface area contributed by atoms with E-state index in [0.717, 1.165) is 15.8 Å². The predicted octanol–water partition coefficient (Wildman–Crippen LogP) is 4.58. The molecule has 1 aromatic carbocycles. The average molecular weight is 413 g/mol. The molecule has 0 saturated carbocycles. The molecule has 144 valence electrons. The summed E-state index contributed by atoms with van der Waals surface area (Å²) in [7, 11) is -3.76. The summed E-state index contributed by atoms with van der Waals surface area (Å²) in [5.41, 5.74) is 0.532. The van der Waals surface area contributed by atoms with Gasteiger partial charge in [-0.1, -0.05) is 45.0 Å². The van der Waals surface area contributed by atoms with E-state index >= 15 is 0 Å². The third-order valence-corrected chi connectivity index (χ3v) is 7.20. The van der Waals surface area contributed by atoms with Crippen molar-refractivity contribution in [3.63, 3.8) is 0 Å². The number of pyridine rings is 1. The molecule has 28 heavy (non-hydrogen) atoms. The van der Waals surface area contributed by atoms with E-state index in [1.54, 1.807) is 30.5 Å². The van der Waals surface area contributed by atoms with E-state index < -0.39 is 10.0 Å². The molecule has 3 heterocycles. The molecular formula is C20H20N4O2S2. The molecule has 0 unspecified atom stereocenters. The molecule has 0 aliphatic rings. The van der Waals surface area contributed by atoms with Crippen LogP contribution in [0.2, 0.25) is 0 Å². The first-order valence-corrected chi connectivity index (χ1v) is 11.1. The summed E-state index contributed by atoms with van der Waals surface area (Å²) in [5.74, 6) is 0.910. The maximum atomic E-state index is 13.1. The smallest absolute Gasteiger partial charge is 0.263 e. The highest BCUT2D eigenvalue weighted by atomic mass is 32.2. The first-order chi connectivity index (χ1) is 13.2. The van der Waals surface area contributed by atoms with Crippen molar-refractivity contribution in [3.05, 3.63) is 66.5 Å². The Morgan fingerprint density at radius 3 is 2.46 bits per heavy atom. The molecule has 3 aromatic heterocycles. The van der Waals surface area contributed by atoms with Crippen LogP contribution in [0.25, 0.3) is 15.9 Å². The second-order valence-corrected chi connectivity index (χ2v) is 10.5. The van der Waals surface area contributed by atoms with Crippen molar-refractivity contribution in [1.29, 1.82) is 0 Å². The van der Waals surface area contributed by atoms with Gasteiger partial charge in [0.05, 0.1) is 5.69 Å². The van der Waals surface area contributed by atoms with Crippen LogP contribution < -0.4 is 4.72 Å². The van der Waals surface area contributed by atoms with E-state index in [2.05, 4.69) is 14.8 Å². The molecule has 4 aromatic rings. The number of aromatic nitrogens is 3. The van der Waals surface area contributed by atoms with Crippen molar-refractivity contribution in [2.75, 3.05) is 4.72 Å². The Hall–Kier alpha value is -2.71. The summed E-state index contributed by atoms with van der Waals surface area (Å²) in [6.07, 6.45) is 1.65. The molecular weight excluding hydrogens is 392 g/mol. The van der Waals surface area contributed by atoms with Crippen LogP contribution in [0.1, 0.15) is 26.5 Å². The Morgan fingerprint density at radius 2 is 1.79 bits per heavy atom. The lowest BCUT2D eigenvalue weighted by molar-refractivity contribution is 0.559. The lowest BCUT2D eigenvalue weighted by Crippen LogP contribution is -2.15. The summed E-state index contributed by atoms with van der Waals surface area (Å²) >= 11 is 1.24. The first-order valence-electron chi connectivity index (χ1n) is 8.77. The van der Waals surface area contributed by atoms with Crippen molar-refractivity contribution in [2.24, 2.45) is 0 Å². The van der Waals surface area contributed by atoms with Crippen LogP contribution in [0.4, 0.5) is 5.82 Å². The van der Waals surface area contributed by atoms with Gasteiger partial charge in [-0.3, -0.25) is 4.72 Å². The molecule has 0 radical (unpaired) electrons. The zero-order valence-electron chi connectivity index (χ0n) is 15.7. The highest BCUT2D eigenvalue weighted by molar-refractivity contribution is 7.94. The van der Waals surface area contributed by atoms with Gasteiger partial charge in [0.15, 0.2) is 5.82 Å². The molecule has 0 aliphatic carbocycles. The SMILES string of the molecule is CC(C)(C)c1cc(NS(=O)(=O)c2cc3ccccc3s2)n(-c2ccccn2)n1. The number of hydrogen-bond donors (Lipinski definition) is 1. The molecule has 8 heteroatoms. The molecule has 0 fully saturated rings. The number of anilines is 1. The number of benzene rings is 1. The Bertz CT molecular complexity index is 1200. The molecule has 0 spiro atoms. The topological polar surface area (TPSA) is 76.9 Å². The van der Waals surface area contributed by atoms with Crippen LogP contribution in [0.5, 0.6) is 0 Å². The second-order valence-electron chi connectivity index (χ2n) is 7.47. The fraction of sp³-hybridized carbons (Fsp3) is 0.200. The summed E-state index contributed by atoms with van der Waals surface area (Å²) in [6.45, 7) is 6.09. The largest absolute Gasteiger partial charge is 0.272 e. The van der Waals surface area contributed by atoms with Crippen LogP contribution in [0.3, 0.4) is 0 Å². The number of hydrogen-bond acceptors (Lipinski definition) is 5. The minimum atomic E-state index is -3.76. The van der Waals surface area contributed by atoms with Gasteiger partial charge in [0.1, 0.15) is 10.0 Å². The maximum absolute atomic E-state index is 13.1. The summed E-state index contributed by atoms with van der Waals surface area (Å²) in [5, 5.41) is 5.51. The third-order valence-electron chi connectivity index (χ3n) is 4.25. The Kier molecular flexibility index (Phi) is 4.47. The van der Waals surface area contributed by atoms with E-state index in [4.69, 9.17) is 0 Å². The zero-order valence-corrected chi connectivity index (χ0v) is 17.4. The van der Waals surface area contributed by atoms with Crippen LogP contribution in [-0.4, -0.2) is 23.2 Å². The normalized spacial score (nSPS) is 12.4. The van der Waals surface area contributed by atoms with E-state index in [0.29, 0.717) is 11.6 Å². The average Bonchev–Trinajstić information content (AvgIpc) is 3.26. The van der Waals surface area contributed by atoms with Gasteiger partial charge in [-0.15, -0.1) is 11.3 Å². The summed E-state index contributed by atoms with van der Waals surface area (Å²) in [6, 6.07) is 16.5. The molecule has 6 nitrogen and oxygen atoms in total. The van der Waals surface area contributed by atoms with Gasteiger partial charge in [-0.25, -0.2) is 13.4 Å². The zero-order chi connectivity index (χ0) is 19.9. The Morgan fingerprint density at radius 1 is 1.04 bits per heavy atom. The van der Waals surface area contributed by atoms with Gasteiger partial charge in [-0.05, 0) is 29.7 Å². The molecule has 0 bridgehead atoms. The van der Waals surface area contributed by atoms with Crippen molar-refractivity contribution in [1.82, 2.24) is 14.8 Å². The molecule has 0 amide bonds. The molecule has 0 aliphatic heterocycles. The second kappa shape index (κ2) is 6.72. The monoisotopic (exact) mass is 412 g/mol. The van der Waals surface area contributed by atoms with Crippen LogP contribution >= 0.6 is 11.3 Å². The Labute approximate surface area is 167 Å². The summed E-state index contributed by atoms with van der Waals surface area (Å²) < 4.78 is 31.5.